The lowest BCUT2D eigenvalue weighted by molar-refractivity contribution is 0.0853. The number of hydrogen-bond acceptors (Lipinski definition) is 4. The molecule has 1 atom stereocenters. The van der Waals surface area contributed by atoms with Crippen molar-refractivity contribution in [3.63, 3.8) is 0 Å². The molecule has 2 aromatic rings. The number of carbonyl (C=O) groups is 2. The summed E-state index contributed by atoms with van der Waals surface area (Å²) in [6.45, 7) is 1.47. The lowest BCUT2D eigenvalue weighted by atomic mass is 10.2. The standard InChI is InChI=1S/C19H20ClN3O3/c20-15-7-2-1-5-13(15)11-21-18(24)16-8-3-9-17(23-16)19(25)22-12-14-6-4-10-26-14/h1-3,5,7-9,14H,4,6,10-12H2,(H,21,24)(H,22,25). The van der Waals surface area contributed by atoms with Crippen molar-refractivity contribution in [1.82, 2.24) is 15.6 Å². The molecule has 0 bridgehead atoms. The van der Waals surface area contributed by atoms with Crippen molar-refractivity contribution >= 4 is 23.4 Å². The maximum atomic E-state index is 12.3. The number of hydrogen-bond donors (Lipinski definition) is 2. The first kappa shape index (κ1) is 18.4. The van der Waals surface area contributed by atoms with Crippen molar-refractivity contribution in [2.24, 2.45) is 0 Å². The van der Waals surface area contributed by atoms with E-state index in [2.05, 4.69) is 15.6 Å². The van der Waals surface area contributed by atoms with E-state index in [9.17, 15) is 9.59 Å². The molecule has 7 heteroatoms. The summed E-state index contributed by atoms with van der Waals surface area (Å²) in [5.74, 6) is -0.681. The molecule has 0 spiro atoms. The van der Waals surface area contributed by atoms with Gasteiger partial charge in [-0.25, -0.2) is 4.98 Å². The van der Waals surface area contributed by atoms with Gasteiger partial charge in [-0.2, -0.15) is 0 Å². The van der Waals surface area contributed by atoms with E-state index in [4.69, 9.17) is 16.3 Å². The van der Waals surface area contributed by atoms with Crippen molar-refractivity contribution in [2.75, 3.05) is 13.2 Å². The van der Waals surface area contributed by atoms with Gasteiger partial charge >= 0.3 is 0 Å². The predicted molar refractivity (Wildman–Crippen MR) is 98.2 cm³/mol. The lowest BCUT2D eigenvalue weighted by Crippen LogP contribution is -2.33. The van der Waals surface area contributed by atoms with E-state index in [0.29, 0.717) is 11.6 Å². The van der Waals surface area contributed by atoms with Crippen molar-refractivity contribution in [3.05, 3.63) is 64.4 Å². The highest BCUT2D eigenvalue weighted by atomic mass is 35.5. The number of rotatable bonds is 6. The summed E-state index contributed by atoms with van der Waals surface area (Å²) >= 11 is 6.08. The van der Waals surface area contributed by atoms with Gasteiger partial charge in [-0.15, -0.1) is 0 Å². The summed E-state index contributed by atoms with van der Waals surface area (Å²) in [6, 6.07) is 12.1. The van der Waals surface area contributed by atoms with E-state index in [1.165, 1.54) is 0 Å². The van der Waals surface area contributed by atoms with Crippen LogP contribution in [0.2, 0.25) is 5.02 Å². The van der Waals surface area contributed by atoms with E-state index < -0.39 is 0 Å². The fourth-order valence-electron chi connectivity index (χ4n) is 2.70. The Morgan fingerprint density at radius 3 is 2.50 bits per heavy atom. The SMILES string of the molecule is O=C(NCc1ccccc1Cl)c1cccc(C(=O)NCC2CCCO2)n1. The van der Waals surface area contributed by atoms with E-state index in [1.807, 2.05) is 18.2 Å². The maximum Gasteiger partial charge on any atom is 0.270 e. The highest BCUT2D eigenvalue weighted by Crippen LogP contribution is 2.14. The molecular weight excluding hydrogens is 354 g/mol. The predicted octanol–water partition coefficient (Wildman–Crippen LogP) is 2.57. The second kappa shape index (κ2) is 8.78. The molecule has 136 valence electrons. The van der Waals surface area contributed by atoms with Crippen LogP contribution in [0.5, 0.6) is 0 Å². The summed E-state index contributed by atoms with van der Waals surface area (Å²) in [7, 11) is 0. The molecule has 2 heterocycles. The summed E-state index contributed by atoms with van der Waals surface area (Å²) in [4.78, 5) is 28.7. The van der Waals surface area contributed by atoms with Gasteiger partial charge in [-0.3, -0.25) is 9.59 Å². The molecule has 1 aromatic carbocycles. The van der Waals surface area contributed by atoms with Crippen LogP contribution in [0.1, 0.15) is 39.4 Å². The summed E-state index contributed by atoms with van der Waals surface area (Å²) in [5.41, 5.74) is 1.20. The number of pyridine rings is 1. The average molecular weight is 374 g/mol. The third-order valence-electron chi connectivity index (χ3n) is 4.13. The molecule has 0 saturated carbocycles. The van der Waals surface area contributed by atoms with Gasteiger partial charge in [0.25, 0.3) is 11.8 Å². The number of aromatic nitrogens is 1. The minimum atomic E-state index is -0.362. The quantitative estimate of drug-likeness (QED) is 0.815. The molecule has 3 rings (SSSR count). The zero-order valence-corrected chi connectivity index (χ0v) is 15.0. The number of amides is 2. The molecular formula is C19H20ClN3O3. The van der Waals surface area contributed by atoms with Crippen LogP contribution in [0.4, 0.5) is 0 Å². The largest absolute Gasteiger partial charge is 0.376 e. The van der Waals surface area contributed by atoms with Crippen molar-refractivity contribution in [2.45, 2.75) is 25.5 Å². The van der Waals surface area contributed by atoms with Crippen LogP contribution in [-0.4, -0.2) is 36.1 Å². The van der Waals surface area contributed by atoms with Gasteiger partial charge in [0, 0.05) is 24.7 Å². The number of benzene rings is 1. The molecule has 0 radical (unpaired) electrons. The van der Waals surface area contributed by atoms with E-state index in [1.54, 1.807) is 24.3 Å². The van der Waals surface area contributed by atoms with Gasteiger partial charge in [-0.1, -0.05) is 35.9 Å². The maximum absolute atomic E-state index is 12.3. The number of halogens is 1. The first-order valence-electron chi connectivity index (χ1n) is 8.52. The number of carbonyl (C=O) groups excluding carboxylic acids is 2. The fourth-order valence-corrected chi connectivity index (χ4v) is 2.90. The molecule has 1 saturated heterocycles. The molecule has 0 aliphatic carbocycles. The zero-order chi connectivity index (χ0) is 18.4. The van der Waals surface area contributed by atoms with Crippen molar-refractivity contribution in [3.8, 4) is 0 Å². The lowest BCUT2D eigenvalue weighted by Gasteiger charge is -2.11. The topological polar surface area (TPSA) is 80.3 Å². The highest BCUT2D eigenvalue weighted by Gasteiger charge is 2.18. The van der Waals surface area contributed by atoms with Crippen LogP contribution in [0.15, 0.2) is 42.5 Å². The molecule has 26 heavy (non-hydrogen) atoms. The van der Waals surface area contributed by atoms with Crippen LogP contribution in [0, 0.1) is 0 Å². The van der Waals surface area contributed by atoms with Crippen LogP contribution >= 0.6 is 11.6 Å². The molecule has 1 aliphatic rings. The first-order chi connectivity index (χ1) is 12.6. The molecule has 2 N–H and O–H groups in total. The Morgan fingerprint density at radius 2 is 1.81 bits per heavy atom. The van der Waals surface area contributed by atoms with Gasteiger partial charge < -0.3 is 15.4 Å². The summed E-state index contributed by atoms with van der Waals surface area (Å²) in [6.07, 6.45) is 2.01. The third-order valence-corrected chi connectivity index (χ3v) is 4.49. The number of ether oxygens (including phenoxy) is 1. The van der Waals surface area contributed by atoms with Crippen LogP contribution in [-0.2, 0) is 11.3 Å². The Hall–Kier alpha value is -2.44. The molecule has 1 aromatic heterocycles. The van der Waals surface area contributed by atoms with E-state index in [-0.39, 0.29) is 35.9 Å². The van der Waals surface area contributed by atoms with Crippen LogP contribution in [0.25, 0.3) is 0 Å². The monoisotopic (exact) mass is 373 g/mol. The number of nitrogens with zero attached hydrogens (tertiary/aromatic N) is 1. The Balaban J connectivity index is 1.58. The molecule has 2 amide bonds. The first-order valence-corrected chi connectivity index (χ1v) is 8.90. The summed E-state index contributed by atoms with van der Waals surface area (Å²) < 4.78 is 5.47. The normalized spacial score (nSPS) is 16.3. The minimum Gasteiger partial charge on any atom is -0.376 e. The van der Waals surface area contributed by atoms with E-state index in [0.717, 1.165) is 25.0 Å². The smallest absolute Gasteiger partial charge is 0.270 e. The Morgan fingerprint density at radius 1 is 1.08 bits per heavy atom. The zero-order valence-electron chi connectivity index (χ0n) is 14.2. The Bertz CT molecular complexity index is 791. The molecule has 6 nitrogen and oxygen atoms in total. The molecule has 1 unspecified atom stereocenters. The Kier molecular flexibility index (Phi) is 6.20. The van der Waals surface area contributed by atoms with Gasteiger partial charge in [-0.05, 0) is 36.6 Å². The van der Waals surface area contributed by atoms with Crippen LogP contribution in [0.3, 0.4) is 0 Å². The summed E-state index contributed by atoms with van der Waals surface area (Å²) in [5, 5.41) is 6.14. The van der Waals surface area contributed by atoms with Gasteiger partial charge in [0.15, 0.2) is 0 Å². The second-order valence-corrected chi connectivity index (χ2v) is 6.43. The van der Waals surface area contributed by atoms with Crippen molar-refractivity contribution in [1.29, 1.82) is 0 Å². The Labute approximate surface area is 156 Å². The van der Waals surface area contributed by atoms with E-state index >= 15 is 0 Å². The van der Waals surface area contributed by atoms with Gasteiger partial charge in [0.1, 0.15) is 11.4 Å². The van der Waals surface area contributed by atoms with Crippen molar-refractivity contribution < 1.29 is 14.3 Å². The fraction of sp³-hybridized carbons (Fsp3) is 0.316. The minimum absolute atomic E-state index is 0.0565. The third kappa shape index (κ3) is 4.80. The highest BCUT2D eigenvalue weighted by molar-refractivity contribution is 6.31. The second-order valence-electron chi connectivity index (χ2n) is 6.03. The number of nitrogens with one attached hydrogen (secondary N) is 2. The van der Waals surface area contributed by atoms with Gasteiger partial charge in [0.05, 0.1) is 6.10 Å². The average Bonchev–Trinajstić information content (AvgIpc) is 3.19. The molecule has 1 fully saturated rings. The molecule has 1 aliphatic heterocycles. The van der Waals surface area contributed by atoms with Crippen LogP contribution < -0.4 is 10.6 Å². The van der Waals surface area contributed by atoms with Gasteiger partial charge in [0.2, 0.25) is 0 Å².